The normalized spacial score (nSPS) is 10.1. The summed E-state index contributed by atoms with van der Waals surface area (Å²) in [6.07, 6.45) is 3.05. The van der Waals surface area contributed by atoms with E-state index in [9.17, 15) is 9.59 Å². The molecule has 7 nitrogen and oxygen atoms in total. The molecule has 0 unspecified atom stereocenters. The number of furan rings is 1. The van der Waals surface area contributed by atoms with Crippen LogP contribution < -0.4 is 20.1 Å². The van der Waals surface area contributed by atoms with Gasteiger partial charge in [0.25, 0.3) is 11.8 Å². The van der Waals surface area contributed by atoms with E-state index in [1.165, 1.54) is 13.4 Å². The zero-order chi connectivity index (χ0) is 20.6. The third-order valence-corrected chi connectivity index (χ3v) is 3.91. The second-order valence-corrected chi connectivity index (χ2v) is 5.93. The van der Waals surface area contributed by atoms with Crippen molar-refractivity contribution in [1.82, 2.24) is 0 Å². The van der Waals surface area contributed by atoms with E-state index in [2.05, 4.69) is 17.2 Å². The Kier molecular flexibility index (Phi) is 6.32. The van der Waals surface area contributed by atoms with Gasteiger partial charge in [-0.25, -0.2) is 0 Å². The van der Waals surface area contributed by atoms with Crippen LogP contribution >= 0.6 is 0 Å². The minimum atomic E-state index is -0.377. The molecule has 2 aromatic carbocycles. The fourth-order valence-electron chi connectivity index (χ4n) is 2.56. The predicted octanol–water partition coefficient (Wildman–Crippen LogP) is 4.36. The number of amides is 2. The van der Waals surface area contributed by atoms with E-state index in [1.807, 2.05) is 0 Å². The van der Waals surface area contributed by atoms with E-state index < -0.39 is 0 Å². The lowest BCUT2D eigenvalue weighted by molar-refractivity contribution is 0.0995. The summed E-state index contributed by atoms with van der Waals surface area (Å²) < 4.78 is 15.8. The molecule has 0 fully saturated rings. The molecule has 0 aliphatic rings. The first-order valence-electron chi connectivity index (χ1n) is 8.78. The molecular formula is C22H20N2O5. The largest absolute Gasteiger partial charge is 0.493 e. The van der Waals surface area contributed by atoms with Crippen LogP contribution in [0.25, 0.3) is 0 Å². The highest BCUT2D eigenvalue weighted by atomic mass is 16.5. The number of carbonyl (C=O) groups excluding carboxylic acids is 2. The summed E-state index contributed by atoms with van der Waals surface area (Å²) in [5, 5.41) is 5.51. The summed E-state index contributed by atoms with van der Waals surface area (Å²) in [5.41, 5.74) is 1.45. The van der Waals surface area contributed by atoms with Crippen LogP contribution in [0, 0.1) is 0 Å². The van der Waals surface area contributed by atoms with Crippen molar-refractivity contribution in [1.29, 1.82) is 0 Å². The highest BCUT2D eigenvalue weighted by Crippen LogP contribution is 2.28. The van der Waals surface area contributed by atoms with Crippen LogP contribution in [0.3, 0.4) is 0 Å². The smallest absolute Gasteiger partial charge is 0.291 e. The van der Waals surface area contributed by atoms with Gasteiger partial charge in [0.1, 0.15) is 6.61 Å². The molecule has 148 valence electrons. The number of carbonyl (C=O) groups is 2. The van der Waals surface area contributed by atoms with E-state index in [-0.39, 0.29) is 17.6 Å². The van der Waals surface area contributed by atoms with Gasteiger partial charge < -0.3 is 24.5 Å². The van der Waals surface area contributed by atoms with Crippen LogP contribution in [-0.4, -0.2) is 25.5 Å². The van der Waals surface area contributed by atoms with Gasteiger partial charge in [0, 0.05) is 16.9 Å². The number of ether oxygens (including phenoxy) is 2. The average molecular weight is 392 g/mol. The Morgan fingerprint density at radius 3 is 2.41 bits per heavy atom. The highest BCUT2D eigenvalue weighted by Gasteiger charge is 2.13. The van der Waals surface area contributed by atoms with Gasteiger partial charge in [0.2, 0.25) is 0 Å². The van der Waals surface area contributed by atoms with Gasteiger partial charge in [-0.2, -0.15) is 0 Å². The van der Waals surface area contributed by atoms with Crippen molar-refractivity contribution < 1.29 is 23.5 Å². The molecule has 1 aromatic heterocycles. The number of hydrogen-bond donors (Lipinski definition) is 2. The van der Waals surface area contributed by atoms with E-state index in [0.717, 1.165) is 0 Å². The first kappa shape index (κ1) is 19.8. The molecule has 0 radical (unpaired) electrons. The minimum Gasteiger partial charge on any atom is -0.493 e. The fraction of sp³-hybridized carbons (Fsp3) is 0.0909. The molecule has 0 saturated heterocycles. The quantitative estimate of drug-likeness (QED) is 0.556. The zero-order valence-corrected chi connectivity index (χ0v) is 15.8. The van der Waals surface area contributed by atoms with Gasteiger partial charge in [-0.15, -0.1) is 0 Å². The Hall–Kier alpha value is -4.00. The van der Waals surface area contributed by atoms with E-state index in [1.54, 1.807) is 60.7 Å². The second kappa shape index (κ2) is 9.27. The molecule has 0 atom stereocenters. The molecule has 0 spiro atoms. The van der Waals surface area contributed by atoms with Crippen molar-refractivity contribution in [3.63, 3.8) is 0 Å². The molecule has 0 bridgehead atoms. The molecule has 29 heavy (non-hydrogen) atoms. The maximum atomic E-state index is 12.6. The Balaban J connectivity index is 1.70. The van der Waals surface area contributed by atoms with Gasteiger partial charge in [-0.3, -0.25) is 9.59 Å². The maximum absolute atomic E-state index is 12.6. The first-order valence-corrected chi connectivity index (χ1v) is 8.78. The standard InChI is InChI=1S/C22H20N2O5/c1-3-11-28-18-10-9-15(13-20(18)27-2)21(25)23-16-6-4-7-17(14-16)24-22(26)19-8-5-12-29-19/h3-10,12-14H,1,11H2,2H3,(H,23,25)(H,24,26). The zero-order valence-electron chi connectivity index (χ0n) is 15.8. The summed E-state index contributed by atoms with van der Waals surface area (Å²) in [5.74, 6) is 0.460. The molecule has 3 aromatic rings. The average Bonchev–Trinajstić information content (AvgIpc) is 3.27. The molecule has 0 aliphatic heterocycles. The molecule has 2 N–H and O–H groups in total. The lowest BCUT2D eigenvalue weighted by Gasteiger charge is -2.12. The monoisotopic (exact) mass is 392 g/mol. The Morgan fingerprint density at radius 2 is 1.76 bits per heavy atom. The van der Waals surface area contributed by atoms with Crippen molar-refractivity contribution in [3.05, 3.63) is 84.8 Å². The summed E-state index contributed by atoms with van der Waals surface area (Å²) in [6, 6.07) is 14.9. The van der Waals surface area contributed by atoms with Crippen LogP contribution in [0.15, 0.2) is 77.9 Å². The number of nitrogens with one attached hydrogen (secondary N) is 2. The molecular weight excluding hydrogens is 372 g/mol. The summed E-state index contributed by atoms with van der Waals surface area (Å²) in [6.45, 7) is 3.93. The van der Waals surface area contributed by atoms with Crippen LogP contribution in [-0.2, 0) is 0 Å². The lowest BCUT2D eigenvalue weighted by Crippen LogP contribution is -2.14. The topological polar surface area (TPSA) is 89.8 Å². The van der Waals surface area contributed by atoms with Gasteiger partial charge >= 0.3 is 0 Å². The van der Waals surface area contributed by atoms with E-state index in [4.69, 9.17) is 13.9 Å². The molecule has 1 heterocycles. The van der Waals surface area contributed by atoms with Crippen LogP contribution in [0.5, 0.6) is 11.5 Å². The number of methoxy groups -OCH3 is 1. The number of benzene rings is 2. The molecule has 7 heteroatoms. The van der Waals surface area contributed by atoms with Crippen molar-refractivity contribution in [2.75, 3.05) is 24.4 Å². The SMILES string of the molecule is C=CCOc1ccc(C(=O)Nc2cccc(NC(=O)c3ccco3)c2)cc1OC. The fourth-order valence-corrected chi connectivity index (χ4v) is 2.56. The van der Waals surface area contributed by atoms with Crippen molar-refractivity contribution in [2.45, 2.75) is 0 Å². The highest BCUT2D eigenvalue weighted by molar-refractivity contribution is 6.06. The Bertz CT molecular complexity index is 1010. The number of hydrogen-bond acceptors (Lipinski definition) is 5. The van der Waals surface area contributed by atoms with Gasteiger partial charge in [-0.05, 0) is 48.5 Å². The third kappa shape index (κ3) is 5.04. The van der Waals surface area contributed by atoms with Gasteiger partial charge in [0.05, 0.1) is 13.4 Å². The minimum absolute atomic E-state index is 0.199. The molecule has 2 amide bonds. The Labute approximate surface area is 167 Å². The first-order chi connectivity index (χ1) is 14.1. The summed E-state index contributed by atoms with van der Waals surface area (Å²) in [7, 11) is 1.50. The van der Waals surface area contributed by atoms with Crippen LogP contribution in [0.2, 0.25) is 0 Å². The lowest BCUT2D eigenvalue weighted by atomic mass is 10.1. The number of anilines is 2. The van der Waals surface area contributed by atoms with E-state index in [0.29, 0.717) is 35.0 Å². The van der Waals surface area contributed by atoms with Gasteiger partial charge in [-0.1, -0.05) is 18.7 Å². The second-order valence-electron chi connectivity index (χ2n) is 5.93. The number of rotatable bonds is 8. The molecule has 3 rings (SSSR count). The van der Waals surface area contributed by atoms with E-state index >= 15 is 0 Å². The summed E-state index contributed by atoms with van der Waals surface area (Å²) >= 11 is 0. The van der Waals surface area contributed by atoms with Crippen LogP contribution in [0.1, 0.15) is 20.9 Å². The van der Waals surface area contributed by atoms with Crippen molar-refractivity contribution in [2.24, 2.45) is 0 Å². The predicted molar refractivity (Wildman–Crippen MR) is 110 cm³/mol. The summed E-state index contributed by atoms with van der Waals surface area (Å²) in [4.78, 5) is 24.7. The van der Waals surface area contributed by atoms with Gasteiger partial charge in [0.15, 0.2) is 17.3 Å². The maximum Gasteiger partial charge on any atom is 0.291 e. The molecule has 0 saturated carbocycles. The molecule has 0 aliphatic carbocycles. The Morgan fingerprint density at radius 1 is 1.00 bits per heavy atom. The van der Waals surface area contributed by atoms with Crippen LogP contribution in [0.4, 0.5) is 11.4 Å². The van der Waals surface area contributed by atoms with Crippen molar-refractivity contribution in [3.8, 4) is 11.5 Å². The van der Waals surface area contributed by atoms with Crippen molar-refractivity contribution >= 4 is 23.2 Å². The third-order valence-electron chi connectivity index (χ3n) is 3.91.